The number of nitrogens with zero attached hydrogens (tertiary/aromatic N) is 1. The molecule has 2 aromatic rings. The number of imide groups is 1. The lowest BCUT2D eigenvalue weighted by Crippen LogP contribution is -2.40. The fourth-order valence-corrected chi connectivity index (χ4v) is 5.81. The highest BCUT2D eigenvalue weighted by Gasteiger charge is 2.67. The van der Waals surface area contributed by atoms with Gasteiger partial charge in [-0.05, 0) is 53.4 Å². The molecule has 2 bridgehead atoms. The molecule has 1 saturated heterocycles. The summed E-state index contributed by atoms with van der Waals surface area (Å²) >= 11 is 0. The molecule has 5 nitrogen and oxygen atoms in total. The van der Waals surface area contributed by atoms with Crippen LogP contribution in [0.2, 0.25) is 0 Å². The molecular formula is C25H21NO4. The van der Waals surface area contributed by atoms with Gasteiger partial charge in [-0.2, -0.15) is 0 Å². The van der Waals surface area contributed by atoms with Crippen LogP contribution >= 0.6 is 0 Å². The second-order valence-electron chi connectivity index (χ2n) is 8.78. The minimum absolute atomic E-state index is 0.160. The van der Waals surface area contributed by atoms with E-state index >= 15 is 0 Å². The highest BCUT2D eigenvalue weighted by Crippen LogP contribution is 2.65. The quantitative estimate of drug-likeness (QED) is 0.342. The molecule has 1 heterocycles. The number of benzene rings is 2. The van der Waals surface area contributed by atoms with Crippen LogP contribution in [-0.4, -0.2) is 29.2 Å². The van der Waals surface area contributed by atoms with E-state index in [9.17, 15) is 14.4 Å². The molecule has 2 aromatic carbocycles. The molecule has 1 aliphatic heterocycles. The Morgan fingerprint density at radius 1 is 0.833 bits per heavy atom. The Labute approximate surface area is 174 Å². The predicted molar refractivity (Wildman–Crippen MR) is 109 cm³/mol. The maximum Gasteiger partial charge on any atom is 0.331 e. The number of likely N-dealkylation sites (tertiary alicyclic amines) is 1. The molecule has 30 heavy (non-hydrogen) atoms. The van der Waals surface area contributed by atoms with Gasteiger partial charge in [-0.1, -0.05) is 54.6 Å². The number of allylic oxidation sites excluding steroid dienone is 2. The third-order valence-electron chi connectivity index (χ3n) is 7.23. The Morgan fingerprint density at radius 2 is 1.40 bits per heavy atom. The van der Waals surface area contributed by atoms with Crippen molar-refractivity contribution in [2.24, 2.45) is 35.5 Å². The third kappa shape index (κ3) is 2.58. The first-order valence-electron chi connectivity index (χ1n) is 10.5. The maximum absolute atomic E-state index is 13.0. The zero-order valence-electron chi connectivity index (χ0n) is 16.3. The first-order valence-corrected chi connectivity index (χ1v) is 10.5. The summed E-state index contributed by atoms with van der Waals surface area (Å²) in [5.74, 6) is 0.259. The van der Waals surface area contributed by atoms with Crippen LogP contribution in [0.4, 0.5) is 0 Å². The number of hydrogen-bond acceptors (Lipinski definition) is 4. The molecular weight excluding hydrogens is 378 g/mol. The van der Waals surface area contributed by atoms with E-state index in [-0.39, 0.29) is 42.0 Å². The lowest BCUT2D eigenvalue weighted by atomic mass is 9.63. The van der Waals surface area contributed by atoms with Gasteiger partial charge in [0.1, 0.15) is 12.3 Å². The molecule has 5 heteroatoms. The van der Waals surface area contributed by atoms with Gasteiger partial charge in [0.15, 0.2) is 0 Å². The summed E-state index contributed by atoms with van der Waals surface area (Å²) in [5.41, 5.74) is 2.10. The highest BCUT2D eigenvalue weighted by molar-refractivity contribution is 6.08. The summed E-state index contributed by atoms with van der Waals surface area (Å²) in [6.07, 6.45) is 5.37. The molecule has 0 unspecified atom stereocenters. The Morgan fingerprint density at radius 3 is 2.00 bits per heavy atom. The van der Waals surface area contributed by atoms with Gasteiger partial charge >= 0.3 is 5.97 Å². The number of amides is 2. The van der Waals surface area contributed by atoms with E-state index < -0.39 is 5.97 Å². The molecule has 0 radical (unpaired) electrons. The number of rotatable bonds is 4. The molecule has 2 amide bonds. The molecule has 7 rings (SSSR count). The fourth-order valence-electron chi connectivity index (χ4n) is 5.81. The van der Waals surface area contributed by atoms with Crippen molar-refractivity contribution < 1.29 is 19.1 Å². The van der Waals surface area contributed by atoms with E-state index in [1.54, 1.807) is 12.1 Å². The largest absolute Gasteiger partial charge is 0.425 e. The second kappa shape index (κ2) is 6.39. The van der Waals surface area contributed by atoms with Crippen LogP contribution in [0.25, 0.3) is 11.1 Å². The van der Waals surface area contributed by atoms with Crippen LogP contribution in [0.3, 0.4) is 0 Å². The Balaban J connectivity index is 1.14. The van der Waals surface area contributed by atoms with E-state index in [4.69, 9.17) is 4.74 Å². The van der Waals surface area contributed by atoms with Gasteiger partial charge < -0.3 is 4.74 Å². The van der Waals surface area contributed by atoms with Gasteiger partial charge in [-0.3, -0.25) is 14.5 Å². The van der Waals surface area contributed by atoms with Gasteiger partial charge in [0.25, 0.3) is 0 Å². The molecule has 150 valence electrons. The van der Waals surface area contributed by atoms with Crippen LogP contribution in [0, 0.1) is 35.5 Å². The van der Waals surface area contributed by atoms with Crippen LogP contribution in [0.15, 0.2) is 66.7 Å². The first-order chi connectivity index (χ1) is 14.6. The van der Waals surface area contributed by atoms with E-state index in [1.807, 2.05) is 42.5 Å². The topological polar surface area (TPSA) is 63.7 Å². The van der Waals surface area contributed by atoms with Crippen molar-refractivity contribution in [2.75, 3.05) is 6.54 Å². The normalized spacial score (nSPS) is 32.7. The number of hydrogen-bond donors (Lipinski definition) is 0. The molecule has 5 aliphatic rings. The third-order valence-corrected chi connectivity index (χ3v) is 7.23. The number of carbonyl (C=O) groups excluding carboxylic acids is 3. The van der Waals surface area contributed by atoms with Gasteiger partial charge in [0.05, 0.1) is 11.8 Å². The summed E-state index contributed by atoms with van der Waals surface area (Å²) in [6, 6.07) is 17.1. The average molecular weight is 399 g/mol. The monoisotopic (exact) mass is 399 g/mol. The maximum atomic E-state index is 13.0. The fraction of sp³-hybridized carbons (Fsp3) is 0.320. The number of ether oxygens (including phenoxy) is 1. The standard InChI is InChI=1S/C25H21NO4/c27-21(30-16-8-6-15(7-9-16)14-4-2-1-3-5-14)13-26-24(28)22-17-10-11-18(20-12-19(17)20)23(22)25(26)29/h1-11,17-20,22-23H,12-13H2/t17-,18-,19-,20-,22-,23+/m0/s1. The van der Waals surface area contributed by atoms with Gasteiger partial charge in [0, 0.05) is 0 Å². The van der Waals surface area contributed by atoms with Crippen molar-refractivity contribution >= 4 is 17.8 Å². The van der Waals surface area contributed by atoms with Crippen LogP contribution in [0.1, 0.15) is 6.42 Å². The average Bonchev–Trinajstić information content (AvgIpc) is 3.56. The van der Waals surface area contributed by atoms with Crippen LogP contribution < -0.4 is 4.74 Å². The van der Waals surface area contributed by atoms with Crippen molar-refractivity contribution in [3.05, 3.63) is 66.7 Å². The Hall–Kier alpha value is -3.21. The number of carbonyl (C=O) groups is 3. The van der Waals surface area contributed by atoms with Crippen molar-refractivity contribution in [1.29, 1.82) is 0 Å². The SMILES string of the molecule is O=C(CN1C(=O)[C@@H]2[C@H]3C=C[C@@H]([C@@H]4C[C@@H]34)[C@@H]2C1=O)Oc1ccc(-c2ccccc2)cc1. The Bertz CT molecular complexity index is 1040. The summed E-state index contributed by atoms with van der Waals surface area (Å²) in [7, 11) is 0. The predicted octanol–water partition coefficient (Wildman–Crippen LogP) is 3.31. The minimum Gasteiger partial charge on any atom is -0.425 e. The molecule has 0 aromatic heterocycles. The molecule has 4 aliphatic carbocycles. The second-order valence-corrected chi connectivity index (χ2v) is 8.78. The molecule has 0 spiro atoms. The molecule has 0 N–H and O–H groups in total. The Kier molecular flexibility index (Phi) is 3.76. The van der Waals surface area contributed by atoms with Gasteiger partial charge in [-0.15, -0.1) is 0 Å². The van der Waals surface area contributed by atoms with Crippen molar-refractivity contribution in [2.45, 2.75) is 6.42 Å². The number of esters is 1. The minimum atomic E-state index is -0.590. The van der Waals surface area contributed by atoms with E-state index in [1.165, 1.54) is 0 Å². The summed E-state index contributed by atoms with van der Waals surface area (Å²) in [4.78, 5) is 39.5. The van der Waals surface area contributed by atoms with Gasteiger partial charge in [0.2, 0.25) is 11.8 Å². The highest BCUT2D eigenvalue weighted by atomic mass is 16.5. The van der Waals surface area contributed by atoms with Crippen LogP contribution in [0.5, 0.6) is 5.75 Å². The zero-order valence-corrected chi connectivity index (χ0v) is 16.3. The summed E-state index contributed by atoms with van der Waals surface area (Å²) in [6.45, 7) is -0.320. The summed E-state index contributed by atoms with van der Waals surface area (Å²) in [5, 5.41) is 0. The lowest BCUT2D eigenvalue weighted by molar-refractivity contribution is -0.148. The molecule has 6 atom stereocenters. The van der Waals surface area contributed by atoms with Crippen LogP contribution in [-0.2, 0) is 14.4 Å². The zero-order chi connectivity index (χ0) is 20.4. The first kappa shape index (κ1) is 17.6. The molecule has 3 fully saturated rings. The van der Waals surface area contributed by atoms with E-state index in [0.717, 1.165) is 22.4 Å². The van der Waals surface area contributed by atoms with Crippen molar-refractivity contribution in [3.8, 4) is 16.9 Å². The summed E-state index contributed by atoms with van der Waals surface area (Å²) < 4.78 is 5.42. The van der Waals surface area contributed by atoms with Crippen molar-refractivity contribution in [3.63, 3.8) is 0 Å². The van der Waals surface area contributed by atoms with Gasteiger partial charge in [-0.25, -0.2) is 4.79 Å². The smallest absolute Gasteiger partial charge is 0.331 e. The molecule has 2 saturated carbocycles. The van der Waals surface area contributed by atoms with E-state index in [2.05, 4.69) is 12.2 Å². The van der Waals surface area contributed by atoms with E-state index in [0.29, 0.717) is 17.6 Å². The van der Waals surface area contributed by atoms with Crippen molar-refractivity contribution in [1.82, 2.24) is 4.90 Å². The lowest BCUT2D eigenvalue weighted by Gasteiger charge is -2.37.